The van der Waals surface area contributed by atoms with Crippen LogP contribution in [0.15, 0.2) is 0 Å². The molecule has 134 valence electrons. The lowest BCUT2D eigenvalue weighted by molar-refractivity contribution is 0.313. The molecule has 0 N–H and O–H groups in total. The summed E-state index contributed by atoms with van der Waals surface area (Å²) in [7, 11) is -0.286. The Morgan fingerprint density at radius 2 is 0.591 bits per heavy atom. The summed E-state index contributed by atoms with van der Waals surface area (Å²) in [6.07, 6.45) is 7.57. The van der Waals surface area contributed by atoms with Crippen LogP contribution in [0.25, 0.3) is 0 Å². The van der Waals surface area contributed by atoms with Crippen LogP contribution in [0.1, 0.15) is 80.1 Å². The summed E-state index contributed by atoms with van der Waals surface area (Å²) < 4.78 is 8.39. The van der Waals surface area contributed by atoms with Crippen molar-refractivity contribution >= 4 is 8.37 Å². The van der Waals surface area contributed by atoms with E-state index in [0.717, 1.165) is 0 Å². The quantitative estimate of drug-likeness (QED) is 0.363. The zero-order valence-corrected chi connectivity index (χ0v) is 17.2. The molecule has 3 nitrogen and oxygen atoms in total. The second-order valence-corrected chi connectivity index (χ2v) is 8.36. The third-order valence-electron chi connectivity index (χ3n) is 3.65. The molecule has 0 radical (unpaired) electrons. The topological polar surface area (TPSA) is 9.72 Å². The second kappa shape index (κ2) is 14.9. The third-order valence-corrected chi connectivity index (χ3v) is 6.37. The van der Waals surface area contributed by atoms with E-state index in [4.69, 9.17) is 0 Å². The van der Waals surface area contributed by atoms with Crippen molar-refractivity contribution in [3.05, 3.63) is 0 Å². The molecule has 0 amide bonds. The Balaban J connectivity index is 5.34. The van der Waals surface area contributed by atoms with Crippen LogP contribution in [0, 0.1) is 0 Å². The van der Waals surface area contributed by atoms with E-state index >= 15 is 0 Å². The van der Waals surface area contributed by atoms with Gasteiger partial charge in [0.25, 0.3) is 0 Å². The van der Waals surface area contributed by atoms with Gasteiger partial charge >= 0.3 is 0 Å². The molecule has 0 aromatic heterocycles. The molecule has 0 saturated carbocycles. The number of rotatable bonds is 15. The van der Waals surface area contributed by atoms with Crippen LogP contribution in [0.4, 0.5) is 0 Å². The van der Waals surface area contributed by atoms with Gasteiger partial charge in [-0.1, -0.05) is 41.5 Å². The molecule has 0 fully saturated rings. The molecule has 0 aliphatic heterocycles. The normalized spacial score (nSPS) is 12.3. The molecule has 0 aromatic rings. The van der Waals surface area contributed by atoms with E-state index in [9.17, 15) is 0 Å². The fourth-order valence-corrected chi connectivity index (χ4v) is 6.30. The Morgan fingerprint density at radius 1 is 0.409 bits per heavy atom. The summed E-state index contributed by atoms with van der Waals surface area (Å²) in [4.78, 5) is 0. The first kappa shape index (κ1) is 22.3. The van der Waals surface area contributed by atoms with Gasteiger partial charge in [0.15, 0.2) is 0 Å². The van der Waals surface area contributed by atoms with Crippen LogP contribution in [0.3, 0.4) is 0 Å². The first-order chi connectivity index (χ1) is 10.7. The van der Waals surface area contributed by atoms with Gasteiger partial charge in [-0.05, 0) is 38.5 Å². The van der Waals surface area contributed by atoms with Crippen LogP contribution in [0.2, 0.25) is 0 Å². The van der Waals surface area contributed by atoms with Gasteiger partial charge in [-0.15, -0.1) is 0 Å². The summed E-state index contributed by atoms with van der Waals surface area (Å²) in [5, 5.41) is 0. The fourth-order valence-electron chi connectivity index (χ4n) is 2.96. The molecule has 22 heavy (non-hydrogen) atoms. The van der Waals surface area contributed by atoms with Gasteiger partial charge in [0.05, 0.1) is 0 Å². The molecule has 4 heteroatoms. The highest BCUT2D eigenvalue weighted by atomic mass is 31.2. The van der Waals surface area contributed by atoms with Gasteiger partial charge in [-0.25, -0.2) is 0 Å². The molecule has 0 aliphatic rings. The van der Waals surface area contributed by atoms with E-state index in [0.29, 0.717) is 0 Å². The number of hydrogen-bond donors (Lipinski definition) is 0. The predicted octanol–water partition coefficient (Wildman–Crippen LogP) is 5.58. The molecular formula is C18H42N3P. The minimum atomic E-state index is -0.286. The highest BCUT2D eigenvalue weighted by Gasteiger charge is 2.29. The molecule has 0 spiro atoms. The smallest absolute Gasteiger partial charge is 0.120 e. The number of nitrogens with zero attached hydrogens (tertiary/aromatic N) is 3. The van der Waals surface area contributed by atoms with Crippen molar-refractivity contribution in [1.29, 1.82) is 0 Å². The van der Waals surface area contributed by atoms with E-state index in [2.05, 4.69) is 55.6 Å². The monoisotopic (exact) mass is 331 g/mol. The van der Waals surface area contributed by atoms with Crippen LogP contribution in [0.5, 0.6) is 0 Å². The van der Waals surface area contributed by atoms with Crippen molar-refractivity contribution in [1.82, 2.24) is 14.0 Å². The Bertz CT molecular complexity index is 182. The van der Waals surface area contributed by atoms with Crippen LogP contribution >= 0.6 is 8.37 Å². The van der Waals surface area contributed by atoms with E-state index < -0.39 is 0 Å². The number of hydrogen-bond acceptors (Lipinski definition) is 3. The highest BCUT2D eigenvalue weighted by Crippen LogP contribution is 2.48. The Kier molecular flexibility index (Phi) is 15.1. The lowest BCUT2D eigenvalue weighted by Crippen LogP contribution is -2.40. The summed E-state index contributed by atoms with van der Waals surface area (Å²) in [6, 6.07) is 0. The highest BCUT2D eigenvalue weighted by molar-refractivity contribution is 7.50. The average molecular weight is 332 g/mol. The molecule has 0 bridgehead atoms. The Labute approximate surface area is 142 Å². The molecule has 0 aliphatic carbocycles. The summed E-state index contributed by atoms with van der Waals surface area (Å²) in [5.41, 5.74) is 0. The van der Waals surface area contributed by atoms with Crippen LogP contribution in [-0.2, 0) is 0 Å². The SMILES string of the molecule is CCCN(CCC)P(N(CCC)CCC)N(CCC)CCC. The molecule has 0 saturated heterocycles. The van der Waals surface area contributed by atoms with Gasteiger partial charge in [0.1, 0.15) is 8.37 Å². The average Bonchev–Trinajstić information content (AvgIpc) is 2.49. The Hall–Kier alpha value is 0.310. The molecule has 0 rings (SSSR count). The van der Waals surface area contributed by atoms with Crippen molar-refractivity contribution in [2.75, 3.05) is 39.3 Å². The van der Waals surface area contributed by atoms with Gasteiger partial charge in [0, 0.05) is 39.3 Å². The molecule has 0 aromatic carbocycles. The third kappa shape index (κ3) is 8.24. The van der Waals surface area contributed by atoms with Crippen molar-refractivity contribution in [3.63, 3.8) is 0 Å². The maximum Gasteiger partial charge on any atom is 0.120 e. The van der Waals surface area contributed by atoms with Gasteiger partial charge in [0.2, 0.25) is 0 Å². The summed E-state index contributed by atoms with van der Waals surface area (Å²) in [6.45, 7) is 21.4. The van der Waals surface area contributed by atoms with E-state index in [1.54, 1.807) is 0 Å². The van der Waals surface area contributed by atoms with E-state index in [-0.39, 0.29) is 8.37 Å². The lowest BCUT2D eigenvalue weighted by Gasteiger charge is -2.45. The fraction of sp³-hybridized carbons (Fsp3) is 1.00. The minimum Gasteiger partial charge on any atom is -0.257 e. The van der Waals surface area contributed by atoms with Gasteiger partial charge < -0.3 is 0 Å². The van der Waals surface area contributed by atoms with E-state index in [1.807, 2.05) is 0 Å². The first-order valence-electron chi connectivity index (χ1n) is 9.74. The zero-order chi connectivity index (χ0) is 16.8. The maximum atomic E-state index is 2.80. The molecule has 0 unspecified atom stereocenters. The minimum absolute atomic E-state index is 0.286. The second-order valence-electron chi connectivity index (χ2n) is 6.13. The first-order valence-corrected chi connectivity index (χ1v) is 10.9. The summed E-state index contributed by atoms with van der Waals surface area (Å²) >= 11 is 0. The van der Waals surface area contributed by atoms with Crippen LogP contribution in [-0.4, -0.2) is 53.3 Å². The van der Waals surface area contributed by atoms with Gasteiger partial charge in [-0.2, -0.15) is 0 Å². The Morgan fingerprint density at radius 3 is 0.727 bits per heavy atom. The van der Waals surface area contributed by atoms with Crippen molar-refractivity contribution in [3.8, 4) is 0 Å². The molecular weight excluding hydrogens is 289 g/mol. The van der Waals surface area contributed by atoms with Crippen molar-refractivity contribution in [2.24, 2.45) is 0 Å². The summed E-state index contributed by atoms with van der Waals surface area (Å²) in [5.74, 6) is 0. The predicted molar refractivity (Wildman–Crippen MR) is 103 cm³/mol. The van der Waals surface area contributed by atoms with Crippen molar-refractivity contribution in [2.45, 2.75) is 80.1 Å². The zero-order valence-electron chi connectivity index (χ0n) is 16.3. The van der Waals surface area contributed by atoms with Gasteiger partial charge in [-0.3, -0.25) is 14.0 Å². The largest absolute Gasteiger partial charge is 0.257 e. The molecule has 0 atom stereocenters. The lowest BCUT2D eigenvalue weighted by atomic mass is 10.4. The standard InChI is InChI=1S/C18H42N3P/c1-7-13-19(14-8-2)22(20(15-9-3)16-10-4)21(17-11-5)18-12-6/h7-18H2,1-6H3. The van der Waals surface area contributed by atoms with Crippen LogP contribution < -0.4 is 0 Å². The maximum absolute atomic E-state index is 2.80. The van der Waals surface area contributed by atoms with Crippen molar-refractivity contribution < 1.29 is 0 Å². The van der Waals surface area contributed by atoms with E-state index in [1.165, 1.54) is 77.8 Å². The molecule has 0 heterocycles.